The minimum absolute atomic E-state index is 0.256. The van der Waals surface area contributed by atoms with Crippen LogP contribution in [-0.2, 0) is 0 Å². The van der Waals surface area contributed by atoms with Crippen LogP contribution in [0.4, 0.5) is 5.69 Å². The highest BCUT2D eigenvalue weighted by Crippen LogP contribution is 2.30. The van der Waals surface area contributed by atoms with E-state index >= 15 is 0 Å². The lowest BCUT2D eigenvalue weighted by atomic mass is 10.1. The number of halogens is 2. The lowest BCUT2D eigenvalue weighted by Crippen LogP contribution is -2.09. The fourth-order valence-electron chi connectivity index (χ4n) is 0.993. The topological polar surface area (TPSA) is 52.0 Å². The molecule has 0 heterocycles. The SMILES string of the molecule is C=CC(N)c1cc(Br)c(Cl)cc1N. The van der Waals surface area contributed by atoms with Crippen LogP contribution in [0.15, 0.2) is 29.3 Å². The van der Waals surface area contributed by atoms with E-state index in [-0.39, 0.29) is 6.04 Å². The van der Waals surface area contributed by atoms with Gasteiger partial charge in [-0.2, -0.15) is 0 Å². The van der Waals surface area contributed by atoms with Gasteiger partial charge in [0.25, 0.3) is 0 Å². The van der Waals surface area contributed by atoms with Gasteiger partial charge in [0.1, 0.15) is 0 Å². The van der Waals surface area contributed by atoms with Crippen LogP contribution in [0.2, 0.25) is 5.02 Å². The van der Waals surface area contributed by atoms with Gasteiger partial charge in [-0.25, -0.2) is 0 Å². The Kier molecular flexibility index (Phi) is 3.36. The van der Waals surface area contributed by atoms with Gasteiger partial charge in [0.2, 0.25) is 0 Å². The Morgan fingerprint density at radius 1 is 1.54 bits per heavy atom. The van der Waals surface area contributed by atoms with Gasteiger partial charge < -0.3 is 11.5 Å². The van der Waals surface area contributed by atoms with Crippen molar-refractivity contribution in [3.63, 3.8) is 0 Å². The minimum Gasteiger partial charge on any atom is -0.398 e. The molecule has 70 valence electrons. The van der Waals surface area contributed by atoms with E-state index in [0.717, 1.165) is 10.0 Å². The lowest BCUT2D eigenvalue weighted by molar-refractivity contribution is 0.917. The number of hydrogen-bond acceptors (Lipinski definition) is 2. The molecule has 4 heteroatoms. The molecular formula is C9H10BrClN2. The van der Waals surface area contributed by atoms with Gasteiger partial charge in [-0.1, -0.05) is 17.7 Å². The quantitative estimate of drug-likeness (QED) is 0.635. The first-order valence-electron chi connectivity index (χ1n) is 3.68. The van der Waals surface area contributed by atoms with Crippen LogP contribution in [0, 0.1) is 0 Å². The third-order valence-corrected chi connectivity index (χ3v) is 2.94. The fourth-order valence-corrected chi connectivity index (χ4v) is 1.53. The first-order valence-corrected chi connectivity index (χ1v) is 4.86. The van der Waals surface area contributed by atoms with Crippen molar-refractivity contribution in [1.29, 1.82) is 0 Å². The van der Waals surface area contributed by atoms with E-state index in [1.165, 1.54) is 0 Å². The van der Waals surface area contributed by atoms with E-state index in [1.54, 1.807) is 12.1 Å². The molecule has 0 fully saturated rings. The Balaban J connectivity index is 3.22. The van der Waals surface area contributed by atoms with Crippen LogP contribution in [0.3, 0.4) is 0 Å². The molecule has 0 aromatic heterocycles. The van der Waals surface area contributed by atoms with Crippen molar-refractivity contribution in [2.45, 2.75) is 6.04 Å². The first kappa shape index (κ1) is 10.6. The fraction of sp³-hybridized carbons (Fsp3) is 0.111. The van der Waals surface area contributed by atoms with Gasteiger partial charge in [0.15, 0.2) is 0 Å². The summed E-state index contributed by atoms with van der Waals surface area (Å²) in [6.45, 7) is 3.60. The number of hydrogen-bond donors (Lipinski definition) is 2. The van der Waals surface area contributed by atoms with Crippen LogP contribution in [0.1, 0.15) is 11.6 Å². The summed E-state index contributed by atoms with van der Waals surface area (Å²) >= 11 is 9.14. The van der Waals surface area contributed by atoms with E-state index < -0.39 is 0 Å². The summed E-state index contributed by atoms with van der Waals surface area (Å²) in [6.07, 6.45) is 1.63. The molecule has 0 aliphatic carbocycles. The van der Waals surface area contributed by atoms with Crippen molar-refractivity contribution in [2.24, 2.45) is 5.73 Å². The zero-order valence-electron chi connectivity index (χ0n) is 6.93. The predicted molar refractivity (Wildman–Crippen MR) is 60.7 cm³/mol. The average Bonchev–Trinajstić information content (AvgIpc) is 2.10. The van der Waals surface area contributed by atoms with E-state index in [1.807, 2.05) is 6.07 Å². The van der Waals surface area contributed by atoms with Gasteiger partial charge in [-0.05, 0) is 33.6 Å². The minimum atomic E-state index is -0.256. The lowest BCUT2D eigenvalue weighted by Gasteiger charge is -2.11. The van der Waals surface area contributed by atoms with Crippen LogP contribution >= 0.6 is 27.5 Å². The van der Waals surface area contributed by atoms with E-state index in [0.29, 0.717) is 10.7 Å². The molecule has 1 unspecified atom stereocenters. The maximum absolute atomic E-state index is 5.84. The second-order valence-corrected chi connectivity index (χ2v) is 3.92. The molecular weight excluding hydrogens is 251 g/mol. The monoisotopic (exact) mass is 260 g/mol. The second-order valence-electron chi connectivity index (χ2n) is 2.66. The third kappa shape index (κ3) is 2.24. The molecule has 0 amide bonds. The molecule has 0 aliphatic rings. The van der Waals surface area contributed by atoms with Crippen LogP contribution < -0.4 is 11.5 Å². The molecule has 0 saturated heterocycles. The normalized spacial score (nSPS) is 12.5. The smallest absolute Gasteiger partial charge is 0.0568 e. The molecule has 4 N–H and O–H groups in total. The maximum atomic E-state index is 5.84. The van der Waals surface area contributed by atoms with Crippen molar-refractivity contribution < 1.29 is 0 Å². The Hall–Kier alpha value is -0.510. The standard InChI is InChI=1S/C9H10BrClN2/c1-2-8(12)5-3-6(10)7(11)4-9(5)13/h2-4,8H,1,12-13H2. The highest BCUT2D eigenvalue weighted by molar-refractivity contribution is 9.10. The van der Waals surface area contributed by atoms with Crippen LogP contribution in [-0.4, -0.2) is 0 Å². The summed E-state index contributed by atoms with van der Waals surface area (Å²) in [7, 11) is 0. The molecule has 0 saturated carbocycles. The molecule has 0 bridgehead atoms. The van der Waals surface area contributed by atoms with Crippen molar-refractivity contribution in [3.8, 4) is 0 Å². The second kappa shape index (κ2) is 4.13. The number of benzene rings is 1. The van der Waals surface area contributed by atoms with Gasteiger partial charge in [-0.3, -0.25) is 0 Å². The van der Waals surface area contributed by atoms with Crippen molar-refractivity contribution in [1.82, 2.24) is 0 Å². The van der Waals surface area contributed by atoms with E-state index in [9.17, 15) is 0 Å². The summed E-state index contributed by atoms with van der Waals surface area (Å²) in [6, 6.07) is 3.22. The molecule has 13 heavy (non-hydrogen) atoms. The van der Waals surface area contributed by atoms with E-state index in [2.05, 4.69) is 22.5 Å². The van der Waals surface area contributed by atoms with Crippen LogP contribution in [0.25, 0.3) is 0 Å². The summed E-state index contributed by atoms with van der Waals surface area (Å²) < 4.78 is 0.788. The summed E-state index contributed by atoms with van der Waals surface area (Å²) in [5.74, 6) is 0. The highest BCUT2D eigenvalue weighted by atomic mass is 79.9. The molecule has 0 spiro atoms. The Bertz CT molecular complexity index is 339. The molecule has 1 aromatic carbocycles. The van der Waals surface area contributed by atoms with Crippen molar-refractivity contribution in [2.75, 3.05) is 5.73 Å². The van der Waals surface area contributed by atoms with Crippen molar-refractivity contribution in [3.05, 3.63) is 39.8 Å². The summed E-state index contributed by atoms with van der Waals surface area (Å²) in [4.78, 5) is 0. The average molecular weight is 262 g/mol. The van der Waals surface area contributed by atoms with Gasteiger partial charge >= 0.3 is 0 Å². The zero-order valence-corrected chi connectivity index (χ0v) is 9.27. The zero-order chi connectivity index (χ0) is 10.0. The summed E-state index contributed by atoms with van der Waals surface area (Å²) in [5, 5.41) is 0.581. The molecule has 2 nitrogen and oxygen atoms in total. The largest absolute Gasteiger partial charge is 0.398 e. The van der Waals surface area contributed by atoms with Gasteiger partial charge in [0, 0.05) is 16.2 Å². The third-order valence-electron chi connectivity index (χ3n) is 1.74. The van der Waals surface area contributed by atoms with Gasteiger partial charge in [-0.15, -0.1) is 6.58 Å². The van der Waals surface area contributed by atoms with Gasteiger partial charge in [0.05, 0.1) is 5.02 Å². The maximum Gasteiger partial charge on any atom is 0.0568 e. The predicted octanol–water partition coefficient (Wildman–Crippen LogP) is 2.87. The van der Waals surface area contributed by atoms with Crippen LogP contribution in [0.5, 0.6) is 0 Å². The first-order chi connectivity index (χ1) is 6.06. The number of nitrogens with two attached hydrogens (primary N) is 2. The number of anilines is 1. The molecule has 1 rings (SSSR count). The Morgan fingerprint density at radius 3 is 2.69 bits per heavy atom. The molecule has 0 aliphatic heterocycles. The van der Waals surface area contributed by atoms with E-state index in [4.69, 9.17) is 23.1 Å². The number of rotatable bonds is 2. The number of nitrogen functional groups attached to an aromatic ring is 1. The highest BCUT2D eigenvalue weighted by Gasteiger charge is 2.08. The Morgan fingerprint density at radius 2 is 2.15 bits per heavy atom. The van der Waals surface area contributed by atoms with Crippen molar-refractivity contribution >= 4 is 33.2 Å². The molecule has 1 aromatic rings. The molecule has 1 atom stereocenters. The Labute approximate surface area is 90.7 Å². The molecule has 0 radical (unpaired) electrons. The summed E-state index contributed by atoms with van der Waals surface area (Å²) in [5.41, 5.74) is 12.9.